The van der Waals surface area contributed by atoms with Gasteiger partial charge in [0.1, 0.15) is 0 Å². The van der Waals surface area contributed by atoms with Crippen LogP contribution in [0.25, 0.3) is 11.4 Å². The SMILES string of the molecule is CN=C(NCc1nc(-c2ccc(Cl)cc2)no1)N1CCC(C(=O)N2CCOCC2)CC1. The normalized spacial score (nSPS) is 18.3. The number of guanidine groups is 1. The van der Waals surface area contributed by atoms with Crippen molar-refractivity contribution in [2.75, 3.05) is 46.4 Å². The highest BCUT2D eigenvalue weighted by Gasteiger charge is 2.30. The Morgan fingerprint density at radius 1 is 1.16 bits per heavy atom. The molecule has 9 nitrogen and oxygen atoms in total. The van der Waals surface area contributed by atoms with E-state index in [1.165, 1.54) is 0 Å². The van der Waals surface area contributed by atoms with Crippen molar-refractivity contribution in [2.24, 2.45) is 10.9 Å². The molecule has 4 rings (SSSR count). The lowest BCUT2D eigenvalue weighted by molar-refractivity contribution is -0.140. The number of nitrogens with zero attached hydrogens (tertiary/aromatic N) is 5. The first kappa shape index (κ1) is 21.6. The van der Waals surface area contributed by atoms with Crippen molar-refractivity contribution in [1.82, 2.24) is 25.3 Å². The van der Waals surface area contributed by atoms with Gasteiger partial charge in [0.05, 0.1) is 19.8 Å². The third kappa shape index (κ3) is 5.34. The maximum Gasteiger partial charge on any atom is 0.246 e. The molecule has 1 aromatic heterocycles. The minimum atomic E-state index is 0.0744. The molecule has 0 unspecified atom stereocenters. The number of aromatic nitrogens is 2. The second-order valence-electron chi connectivity index (χ2n) is 7.62. The number of halogens is 1. The zero-order valence-electron chi connectivity index (χ0n) is 17.6. The number of ether oxygens (including phenoxy) is 1. The van der Waals surface area contributed by atoms with Crippen LogP contribution >= 0.6 is 11.6 Å². The quantitative estimate of drug-likeness (QED) is 0.567. The van der Waals surface area contributed by atoms with Crippen molar-refractivity contribution in [1.29, 1.82) is 0 Å². The Hall–Kier alpha value is -2.65. The highest BCUT2D eigenvalue weighted by atomic mass is 35.5. The van der Waals surface area contributed by atoms with Gasteiger partial charge in [-0.15, -0.1) is 0 Å². The van der Waals surface area contributed by atoms with E-state index in [4.69, 9.17) is 20.9 Å². The van der Waals surface area contributed by atoms with Gasteiger partial charge in [0.25, 0.3) is 0 Å². The Balaban J connectivity index is 1.27. The van der Waals surface area contributed by atoms with Gasteiger partial charge in [0.15, 0.2) is 5.96 Å². The van der Waals surface area contributed by atoms with Crippen molar-refractivity contribution in [3.63, 3.8) is 0 Å². The molecule has 0 atom stereocenters. The first-order chi connectivity index (χ1) is 15.1. The number of carbonyl (C=O) groups excluding carboxylic acids is 1. The van der Waals surface area contributed by atoms with Crippen LogP contribution in [0.3, 0.4) is 0 Å². The lowest BCUT2D eigenvalue weighted by Gasteiger charge is -2.36. The maximum atomic E-state index is 12.7. The molecule has 166 valence electrons. The summed E-state index contributed by atoms with van der Waals surface area (Å²) < 4.78 is 10.7. The highest BCUT2D eigenvalue weighted by molar-refractivity contribution is 6.30. The average Bonchev–Trinajstić information content (AvgIpc) is 3.29. The molecule has 2 aliphatic rings. The number of hydrogen-bond donors (Lipinski definition) is 1. The summed E-state index contributed by atoms with van der Waals surface area (Å²) in [5, 5.41) is 7.98. The van der Waals surface area contributed by atoms with Crippen molar-refractivity contribution < 1.29 is 14.1 Å². The fourth-order valence-corrected chi connectivity index (χ4v) is 4.04. The number of rotatable bonds is 4. The van der Waals surface area contributed by atoms with Gasteiger partial charge in [0, 0.05) is 49.7 Å². The molecule has 3 heterocycles. The summed E-state index contributed by atoms with van der Waals surface area (Å²) in [4.78, 5) is 25.6. The molecular weight excluding hydrogens is 420 g/mol. The maximum absolute atomic E-state index is 12.7. The molecule has 1 aromatic carbocycles. The molecule has 1 amide bonds. The van der Waals surface area contributed by atoms with Crippen LogP contribution in [0.2, 0.25) is 5.02 Å². The van der Waals surface area contributed by atoms with E-state index in [0.717, 1.165) is 37.5 Å². The van der Waals surface area contributed by atoms with E-state index >= 15 is 0 Å². The van der Waals surface area contributed by atoms with E-state index in [0.29, 0.717) is 49.6 Å². The third-order valence-electron chi connectivity index (χ3n) is 5.65. The Morgan fingerprint density at radius 3 is 2.55 bits per heavy atom. The summed E-state index contributed by atoms with van der Waals surface area (Å²) in [5.74, 6) is 2.09. The number of aliphatic imine (C=N–C) groups is 1. The molecule has 1 N–H and O–H groups in total. The second-order valence-corrected chi connectivity index (χ2v) is 8.05. The van der Waals surface area contributed by atoms with Gasteiger partial charge < -0.3 is 24.4 Å². The van der Waals surface area contributed by atoms with Crippen molar-refractivity contribution in [3.05, 3.63) is 35.2 Å². The Bertz CT molecular complexity index is 902. The van der Waals surface area contributed by atoms with Crippen molar-refractivity contribution >= 4 is 23.5 Å². The zero-order valence-corrected chi connectivity index (χ0v) is 18.3. The van der Waals surface area contributed by atoms with Crippen LogP contribution in [0.4, 0.5) is 0 Å². The Kier molecular flexibility index (Phi) is 7.03. The van der Waals surface area contributed by atoms with Gasteiger partial charge in [-0.3, -0.25) is 9.79 Å². The van der Waals surface area contributed by atoms with Gasteiger partial charge in [0.2, 0.25) is 17.6 Å². The van der Waals surface area contributed by atoms with E-state index in [-0.39, 0.29) is 11.8 Å². The van der Waals surface area contributed by atoms with E-state index < -0.39 is 0 Å². The van der Waals surface area contributed by atoms with Gasteiger partial charge >= 0.3 is 0 Å². The first-order valence-corrected chi connectivity index (χ1v) is 10.9. The monoisotopic (exact) mass is 446 g/mol. The van der Waals surface area contributed by atoms with Gasteiger partial charge in [-0.25, -0.2) is 0 Å². The fraction of sp³-hybridized carbons (Fsp3) is 0.524. The number of hydrogen-bond acceptors (Lipinski definition) is 6. The van der Waals surface area contributed by atoms with Gasteiger partial charge in [-0.05, 0) is 37.1 Å². The molecule has 0 spiro atoms. The van der Waals surface area contributed by atoms with E-state index in [1.807, 2.05) is 17.0 Å². The second kappa shape index (κ2) is 10.1. The standard InChI is InChI=1S/C21H27ClN6O3/c1-23-21(24-14-18-25-19(26-31-18)15-2-4-17(22)5-3-15)28-8-6-16(7-9-28)20(29)27-10-12-30-13-11-27/h2-5,16H,6-14H2,1H3,(H,23,24). The van der Waals surface area contributed by atoms with Gasteiger partial charge in [-0.2, -0.15) is 4.98 Å². The number of benzene rings is 1. The molecule has 31 heavy (non-hydrogen) atoms. The van der Waals surface area contributed by atoms with Crippen molar-refractivity contribution in [3.8, 4) is 11.4 Å². The molecule has 0 bridgehead atoms. The van der Waals surface area contributed by atoms with Crippen LogP contribution in [0.5, 0.6) is 0 Å². The molecule has 10 heteroatoms. The number of morpholine rings is 1. The lowest BCUT2D eigenvalue weighted by atomic mass is 9.95. The predicted molar refractivity (Wildman–Crippen MR) is 117 cm³/mol. The fourth-order valence-electron chi connectivity index (χ4n) is 3.91. The summed E-state index contributed by atoms with van der Waals surface area (Å²) in [6, 6.07) is 7.29. The minimum absolute atomic E-state index is 0.0744. The summed E-state index contributed by atoms with van der Waals surface area (Å²) >= 11 is 5.93. The highest BCUT2D eigenvalue weighted by Crippen LogP contribution is 2.21. The number of nitrogens with one attached hydrogen (secondary N) is 1. The topological polar surface area (TPSA) is 96.1 Å². The number of carbonyl (C=O) groups is 1. The lowest BCUT2D eigenvalue weighted by Crippen LogP contribution is -2.49. The van der Waals surface area contributed by atoms with Crippen LogP contribution in [0, 0.1) is 5.92 Å². The molecule has 2 aliphatic heterocycles. The number of piperidine rings is 1. The van der Waals surface area contributed by atoms with Crippen LogP contribution in [0.15, 0.2) is 33.8 Å². The molecular formula is C21H27ClN6O3. The average molecular weight is 447 g/mol. The summed E-state index contributed by atoms with van der Waals surface area (Å²) in [5.41, 5.74) is 0.843. The zero-order chi connectivity index (χ0) is 21.6. The van der Waals surface area contributed by atoms with Gasteiger partial charge in [-0.1, -0.05) is 16.8 Å². The summed E-state index contributed by atoms with van der Waals surface area (Å²) in [6.07, 6.45) is 1.64. The Morgan fingerprint density at radius 2 is 1.87 bits per heavy atom. The molecule has 0 radical (unpaired) electrons. The smallest absolute Gasteiger partial charge is 0.246 e. The number of amides is 1. The van der Waals surface area contributed by atoms with Crippen LogP contribution in [0.1, 0.15) is 18.7 Å². The van der Waals surface area contributed by atoms with Crippen LogP contribution < -0.4 is 5.32 Å². The summed E-state index contributed by atoms with van der Waals surface area (Å²) in [6.45, 7) is 4.60. The Labute approximate surface area is 186 Å². The molecule has 2 saturated heterocycles. The molecule has 0 saturated carbocycles. The molecule has 2 aromatic rings. The molecule has 2 fully saturated rings. The van der Waals surface area contributed by atoms with E-state index in [1.54, 1.807) is 19.2 Å². The van der Waals surface area contributed by atoms with E-state index in [9.17, 15) is 4.79 Å². The third-order valence-corrected chi connectivity index (χ3v) is 5.90. The number of likely N-dealkylation sites (tertiary alicyclic amines) is 1. The van der Waals surface area contributed by atoms with E-state index in [2.05, 4.69) is 25.3 Å². The van der Waals surface area contributed by atoms with Crippen LogP contribution in [-0.2, 0) is 16.1 Å². The predicted octanol–water partition coefficient (Wildman–Crippen LogP) is 2.04. The minimum Gasteiger partial charge on any atom is -0.378 e. The van der Waals surface area contributed by atoms with Crippen LogP contribution in [-0.4, -0.2) is 78.2 Å². The largest absolute Gasteiger partial charge is 0.378 e. The summed E-state index contributed by atoms with van der Waals surface area (Å²) in [7, 11) is 1.75. The first-order valence-electron chi connectivity index (χ1n) is 10.5. The van der Waals surface area contributed by atoms with Crippen molar-refractivity contribution in [2.45, 2.75) is 19.4 Å². The molecule has 0 aliphatic carbocycles.